The molecule has 106 valence electrons. The lowest BCUT2D eigenvalue weighted by Crippen LogP contribution is -2.41. The van der Waals surface area contributed by atoms with Crippen molar-refractivity contribution in [3.8, 4) is 0 Å². The van der Waals surface area contributed by atoms with E-state index < -0.39 is 24.7 Å². The molecule has 7 heteroatoms. The van der Waals surface area contributed by atoms with Gasteiger partial charge in [0.05, 0.1) is 12.3 Å². The molecule has 1 amide bonds. The zero-order chi connectivity index (χ0) is 14.5. The first-order chi connectivity index (χ1) is 8.80. The normalized spacial score (nSPS) is 13.1. The molecule has 0 radical (unpaired) electrons. The van der Waals surface area contributed by atoms with Crippen LogP contribution in [0.25, 0.3) is 0 Å². The predicted molar refractivity (Wildman–Crippen MR) is 67.0 cm³/mol. The number of hydrogen-bond acceptors (Lipinski definition) is 3. The van der Waals surface area contributed by atoms with E-state index in [0.29, 0.717) is 0 Å². The van der Waals surface area contributed by atoms with Gasteiger partial charge in [-0.15, -0.1) is 11.8 Å². The number of hydrogen-bond donors (Lipinski definition) is 2. The Morgan fingerprint density at radius 1 is 1.42 bits per heavy atom. The third-order valence-corrected chi connectivity index (χ3v) is 3.50. The summed E-state index contributed by atoms with van der Waals surface area (Å²) in [6, 6.07) is 7.39. The average molecular weight is 293 g/mol. The number of nitrogens with one attached hydrogen (secondary N) is 1. The molecule has 0 aliphatic rings. The molecule has 1 unspecified atom stereocenters. The molecule has 0 aliphatic carbocycles. The Bertz CT molecular complexity index is 437. The lowest BCUT2D eigenvalue weighted by atomic mass is 10.2. The first-order valence-electron chi connectivity index (χ1n) is 5.50. The minimum atomic E-state index is -4.71. The minimum absolute atomic E-state index is 0.00936. The summed E-state index contributed by atoms with van der Waals surface area (Å²) in [5.41, 5.74) is 0.996. The SMILES string of the molecule is Cc1ccccc1SCC(=O)NCC(O)C(F)(F)F. The van der Waals surface area contributed by atoms with E-state index in [1.54, 1.807) is 0 Å². The first-order valence-corrected chi connectivity index (χ1v) is 6.49. The molecular weight excluding hydrogens is 279 g/mol. The van der Waals surface area contributed by atoms with Crippen LogP contribution in [0.5, 0.6) is 0 Å². The Kier molecular flexibility index (Phi) is 5.68. The number of aliphatic hydroxyl groups excluding tert-OH is 1. The molecule has 1 atom stereocenters. The predicted octanol–water partition coefficient (Wildman–Crippen LogP) is 2.13. The van der Waals surface area contributed by atoms with Gasteiger partial charge in [-0.1, -0.05) is 18.2 Å². The summed E-state index contributed by atoms with van der Waals surface area (Å²) >= 11 is 1.24. The fourth-order valence-electron chi connectivity index (χ4n) is 1.24. The van der Waals surface area contributed by atoms with Crippen LogP contribution < -0.4 is 5.32 Å². The summed E-state index contributed by atoms with van der Waals surface area (Å²) in [7, 11) is 0. The summed E-state index contributed by atoms with van der Waals surface area (Å²) in [4.78, 5) is 12.2. The van der Waals surface area contributed by atoms with Gasteiger partial charge in [0.25, 0.3) is 0 Å². The number of halogens is 3. The van der Waals surface area contributed by atoms with Crippen molar-refractivity contribution in [2.45, 2.75) is 24.1 Å². The smallest absolute Gasteiger partial charge is 0.382 e. The molecular formula is C12H14F3NO2S. The Balaban J connectivity index is 2.35. The topological polar surface area (TPSA) is 49.3 Å². The molecule has 2 N–H and O–H groups in total. The fourth-order valence-corrected chi connectivity index (χ4v) is 2.10. The number of benzene rings is 1. The maximum Gasteiger partial charge on any atom is 0.416 e. The third-order valence-electron chi connectivity index (χ3n) is 2.32. The number of amides is 1. The van der Waals surface area contributed by atoms with Gasteiger partial charge in [0.2, 0.25) is 5.91 Å². The zero-order valence-corrected chi connectivity index (χ0v) is 11.0. The van der Waals surface area contributed by atoms with E-state index in [4.69, 9.17) is 5.11 Å². The third kappa shape index (κ3) is 5.52. The highest BCUT2D eigenvalue weighted by Gasteiger charge is 2.38. The summed E-state index contributed by atoms with van der Waals surface area (Å²) in [6.07, 6.45) is -7.24. The molecule has 0 heterocycles. The number of alkyl halides is 3. The van der Waals surface area contributed by atoms with Gasteiger partial charge >= 0.3 is 6.18 Å². The highest BCUT2D eigenvalue weighted by Crippen LogP contribution is 2.22. The largest absolute Gasteiger partial charge is 0.416 e. The number of rotatable bonds is 5. The number of carbonyl (C=O) groups excluding carboxylic acids is 1. The van der Waals surface area contributed by atoms with Crippen molar-refractivity contribution < 1.29 is 23.1 Å². The summed E-state index contributed by atoms with van der Waals surface area (Å²) < 4.78 is 36.0. The van der Waals surface area contributed by atoms with Crippen molar-refractivity contribution in [3.63, 3.8) is 0 Å². The second-order valence-corrected chi connectivity index (χ2v) is 4.93. The Hall–Kier alpha value is -1.21. The fraction of sp³-hybridized carbons (Fsp3) is 0.417. The van der Waals surface area contributed by atoms with Crippen molar-refractivity contribution in [3.05, 3.63) is 29.8 Å². The van der Waals surface area contributed by atoms with Gasteiger partial charge in [0, 0.05) is 4.90 Å². The molecule has 0 spiro atoms. The summed E-state index contributed by atoms with van der Waals surface area (Å²) in [5, 5.41) is 10.8. The molecule has 0 saturated carbocycles. The lowest BCUT2D eigenvalue weighted by Gasteiger charge is -2.15. The van der Waals surface area contributed by atoms with Crippen LogP contribution in [0, 0.1) is 6.92 Å². The van der Waals surface area contributed by atoms with Crippen molar-refractivity contribution in [2.75, 3.05) is 12.3 Å². The van der Waals surface area contributed by atoms with E-state index >= 15 is 0 Å². The van der Waals surface area contributed by atoms with Crippen LogP contribution in [-0.2, 0) is 4.79 Å². The van der Waals surface area contributed by atoms with Crippen LogP contribution >= 0.6 is 11.8 Å². The van der Waals surface area contributed by atoms with Crippen LogP contribution in [0.1, 0.15) is 5.56 Å². The molecule has 0 bridgehead atoms. The van der Waals surface area contributed by atoms with Gasteiger partial charge in [-0.2, -0.15) is 13.2 Å². The van der Waals surface area contributed by atoms with E-state index in [-0.39, 0.29) is 5.75 Å². The average Bonchev–Trinajstić information content (AvgIpc) is 2.33. The van der Waals surface area contributed by atoms with E-state index in [0.717, 1.165) is 10.5 Å². The second kappa shape index (κ2) is 6.81. The number of aryl methyl sites for hydroxylation is 1. The lowest BCUT2D eigenvalue weighted by molar-refractivity contribution is -0.201. The van der Waals surface area contributed by atoms with Gasteiger partial charge in [-0.05, 0) is 18.6 Å². The standard InChI is InChI=1S/C12H14F3NO2S/c1-8-4-2-3-5-9(8)19-7-11(18)16-6-10(17)12(13,14)15/h2-5,10,17H,6-7H2,1H3,(H,16,18). The highest BCUT2D eigenvalue weighted by atomic mass is 32.2. The van der Waals surface area contributed by atoms with Crippen LogP contribution in [-0.4, -0.2) is 35.6 Å². The maximum atomic E-state index is 12.0. The number of aliphatic hydroxyl groups is 1. The molecule has 1 aromatic rings. The summed E-state index contributed by atoms with van der Waals surface area (Å²) in [6.45, 7) is 1.06. The van der Waals surface area contributed by atoms with Crippen LogP contribution in [0.3, 0.4) is 0 Å². The van der Waals surface area contributed by atoms with Crippen LogP contribution in [0.15, 0.2) is 29.2 Å². The monoisotopic (exact) mass is 293 g/mol. The van der Waals surface area contributed by atoms with Gasteiger partial charge in [-0.25, -0.2) is 0 Å². The van der Waals surface area contributed by atoms with Gasteiger partial charge in [0.15, 0.2) is 6.10 Å². The highest BCUT2D eigenvalue weighted by molar-refractivity contribution is 8.00. The van der Waals surface area contributed by atoms with E-state index in [2.05, 4.69) is 0 Å². The molecule has 0 saturated heterocycles. The van der Waals surface area contributed by atoms with E-state index in [1.165, 1.54) is 11.8 Å². The Labute approximate surface area is 113 Å². The van der Waals surface area contributed by atoms with Crippen molar-refractivity contribution in [1.29, 1.82) is 0 Å². The van der Waals surface area contributed by atoms with Gasteiger partial charge in [0.1, 0.15) is 0 Å². The molecule has 0 aliphatic heterocycles. The van der Waals surface area contributed by atoms with Gasteiger partial charge < -0.3 is 10.4 Å². The van der Waals surface area contributed by atoms with Crippen molar-refractivity contribution in [1.82, 2.24) is 5.32 Å². The quantitative estimate of drug-likeness (QED) is 0.818. The molecule has 19 heavy (non-hydrogen) atoms. The van der Waals surface area contributed by atoms with Crippen molar-refractivity contribution in [2.24, 2.45) is 0 Å². The van der Waals surface area contributed by atoms with Crippen molar-refractivity contribution >= 4 is 17.7 Å². The zero-order valence-electron chi connectivity index (χ0n) is 10.2. The molecule has 3 nitrogen and oxygen atoms in total. The molecule has 1 rings (SSSR count). The van der Waals surface area contributed by atoms with Crippen LogP contribution in [0.4, 0.5) is 13.2 Å². The number of carbonyl (C=O) groups is 1. The molecule has 0 aromatic heterocycles. The Morgan fingerprint density at radius 3 is 2.63 bits per heavy atom. The minimum Gasteiger partial charge on any atom is -0.382 e. The second-order valence-electron chi connectivity index (χ2n) is 3.92. The first kappa shape index (κ1) is 15.8. The Morgan fingerprint density at radius 2 is 2.05 bits per heavy atom. The van der Waals surface area contributed by atoms with Gasteiger partial charge in [-0.3, -0.25) is 4.79 Å². The molecule has 1 aromatic carbocycles. The van der Waals surface area contributed by atoms with E-state index in [1.807, 2.05) is 36.5 Å². The van der Waals surface area contributed by atoms with Crippen LogP contribution in [0.2, 0.25) is 0 Å². The van der Waals surface area contributed by atoms with E-state index in [9.17, 15) is 18.0 Å². The molecule has 0 fully saturated rings. The number of thioether (sulfide) groups is 1. The summed E-state index contributed by atoms with van der Waals surface area (Å²) in [5.74, 6) is -0.536. The maximum absolute atomic E-state index is 12.0.